The number of fused-ring (bicyclic) bond motifs is 1. The van der Waals surface area contributed by atoms with E-state index in [0.29, 0.717) is 12.8 Å². The van der Waals surface area contributed by atoms with E-state index in [-0.39, 0.29) is 47.8 Å². The molecule has 1 saturated heterocycles. The first-order chi connectivity index (χ1) is 21.3. The highest BCUT2D eigenvalue weighted by molar-refractivity contribution is 9.12. The van der Waals surface area contributed by atoms with Crippen molar-refractivity contribution in [3.63, 3.8) is 0 Å². The number of ketones is 1. The van der Waals surface area contributed by atoms with Gasteiger partial charge in [0.15, 0.2) is 5.78 Å². The number of hydrazine groups is 1. The van der Waals surface area contributed by atoms with Crippen LogP contribution < -0.4 is 4.74 Å². The van der Waals surface area contributed by atoms with Crippen molar-refractivity contribution >= 4 is 90.2 Å². The summed E-state index contributed by atoms with van der Waals surface area (Å²) in [5, 5.41) is 12.7. The molecule has 2 fully saturated rings. The highest BCUT2D eigenvalue weighted by Crippen LogP contribution is 2.44. The Morgan fingerprint density at radius 2 is 1.44 bits per heavy atom. The monoisotopic (exact) mass is 779 g/mol. The number of nitro benzene ring substituents is 1. The molecule has 1 heterocycles. The highest BCUT2D eigenvalue weighted by Gasteiger charge is 2.55. The molecule has 0 unspecified atom stereocenters. The maximum atomic E-state index is 13.8. The number of imide groups is 1. The van der Waals surface area contributed by atoms with Crippen molar-refractivity contribution in [1.82, 2.24) is 10.0 Å². The predicted octanol–water partition coefficient (Wildman–Crippen LogP) is 6.28. The first-order valence-corrected chi connectivity index (χ1v) is 16.0. The maximum absolute atomic E-state index is 13.8. The number of nitrogens with zero attached hydrogens (tertiary/aromatic N) is 3. The fourth-order valence-corrected chi connectivity index (χ4v) is 6.90. The number of non-ortho nitro benzene ring substituents is 1. The topological polar surface area (TPSA) is 144 Å². The molecule has 1 aliphatic heterocycles. The van der Waals surface area contributed by atoms with Crippen molar-refractivity contribution in [1.29, 1.82) is 0 Å². The summed E-state index contributed by atoms with van der Waals surface area (Å²) in [6.45, 7) is -0.674. The van der Waals surface area contributed by atoms with E-state index in [1.54, 1.807) is 0 Å². The molecule has 3 aromatic carbocycles. The lowest BCUT2D eigenvalue weighted by Crippen LogP contribution is -2.52. The van der Waals surface area contributed by atoms with E-state index in [0.717, 1.165) is 10.0 Å². The number of carbonyl (C=O) groups is 5. The zero-order valence-electron chi connectivity index (χ0n) is 22.9. The van der Waals surface area contributed by atoms with Gasteiger partial charge in [0.05, 0.1) is 32.9 Å². The average molecular weight is 782 g/mol. The molecule has 0 spiro atoms. The molecule has 4 atom stereocenters. The van der Waals surface area contributed by atoms with Gasteiger partial charge in [0.2, 0.25) is 0 Å². The second-order valence-electron chi connectivity index (χ2n) is 10.3. The van der Waals surface area contributed by atoms with E-state index in [4.69, 9.17) is 27.9 Å². The van der Waals surface area contributed by atoms with Gasteiger partial charge in [0, 0.05) is 32.4 Å². The Morgan fingerprint density at radius 3 is 1.98 bits per heavy atom. The largest absolute Gasteiger partial charge is 0.423 e. The van der Waals surface area contributed by atoms with Crippen molar-refractivity contribution in [2.75, 3.05) is 6.54 Å². The third-order valence-electron chi connectivity index (χ3n) is 7.52. The molecule has 11 nitrogen and oxygen atoms in total. The van der Waals surface area contributed by atoms with E-state index in [9.17, 15) is 34.1 Å². The molecular weight excluding hydrogens is 761 g/mol. The highest BCUT2D eigenvalue weighted by atomic mass is 79.9. The number of ether oxygens (including phenoxy) is 1. The van der Waals surface area contributed by atoms with Crippen LogP contribution in [0.25, 0.3) is 0 Å². The van der Waals surface area contributed by atoms with Gasteiger partial charge < -0.3 is 4.74 Å². The quantitative estimate of drug-likeness (QED) is 0.0494. The van der Waals surface area contributed by atoms with Gasteiger partial charge in [-0.2, -0.15) is 5.01 Å². The SMILES string of the molecule is O=C(CN(C(=O)c1ccc(Cl)cc1Cl)N1C(=O)[C@H]2C[C@@H](Br)[C@@H](Br)C[C@H]2C1=O)c1ccc(OC(=O)c2ccc([N+](=O)[O-])cc2)cc1. The first kappa shape index (κ1) is 32.7. The van der Waals surface area contributed by atoms with Crippen LogP contribution in [0.4, 0.5) is 5.69 Å². The van der Waals surface area contributed by atoms with E-state index < -0.39 is 52.8 Å². The number of esters is 1. The number of benzene rings is 3. The fourth-order valence-electron chi connectivity index (χ4n) is 5.17. The third-order valence-corrected chi connectivity index (χ3v) is 10.8. The van der Waals surface area contributed by atoms with Crippen molar-refractivity contribution in [2.24, 2.45) is 11.8 Å². The second kappa shape index (κ2) is 13.4. The number of hydrogen-bond donors (Lipinski definition) is 0. The Labute approximate surface area is 282 Å². The summed E-state index contributed by atoms with van der Waals surface area (Å²) >= 11 is 19.4. The number of rotatable bonds is 8. The van der Waals surface area contributed by atoms with Gasteiger partial charge in [-0.1, -0.05) is 55.1 Å². The zero-order valence-corrected chi connectivity index (χ0v) is 27.6. The lowest BCUT2D eigenvalue weighted by Gasteiger charge is -2.30. The van der Waals surface area contributed by atoms with E-state index in [1.807, 2.05) is 0 Å². The molecule has 1 aliphatic carbocycles. The summed E-state index contributed by atoms with van der Waals surface area (Å²) in [6.07, 6.45) is 0.721. The third kappa shape index (κ3) is 6.81. The van der Waals surface area contributed by atoms with Crippen LogP contribution in [0.2, 0.25) is 10.0 Å². The molecule has 0 N–H and O–H groups in total. The van der Waals surface area contributed by atoms with E-state index in [2.05, 4.69) is 31.9 Å². The Morgan fingerprint density at radius 1 is 0.889 bits per heavy atom. The smallest absolute Gasteiger partial charge is 0.343 e. The summed E-state index contributed by atoms with van der Waals surface area (Å²) in [7, 11) is 0. The Kier molecular flexibility index (Phi) is 9.73. The normalized spacial score (nSPS) is 20.8. The fraction of sp³-hybridized carbons (Fsp3) is 0.233. The van der Waals surface area contributed by atoms with Crippen molar-refractivity contribution < 1.29 is 33.6 Å². The van der Waals surface area contributed by atoms with Gasteiger partial charge in [0.25, 0.3) is 23.4 Å². The number of carbonyl (C=O) groups excluding carboxylic acids is 5. The zero-order chi connectivity index (χ0) is 32.6. The minimum atomic E-state index is -0.843. The van der Waals surface area contributed by atoms with Gasteiger partial charge in [-0.3, -0.25) is 29.3 Å². The Hall–Kier alpha value is -3.65. The number of alkyl halides is 2. The number of hydrogen-bond acceptors (Lipinski definition) is 8. The Bertz CT molecular complexity index is 1690. The summed E-state index contributed by atoms with van der Waals surface area (Å²) in [4.78, 5) is 77.0. The van der Waals surface area contributed by atoms with Gasteiger partial charge in [0.1, 0.15) is 12.3 Å². The standard InChI is InChI=1S/C30H21Br2Cl2N3O8/c31-23-12-21-22(13-24(23)32)29(41)36(28(21)40)35(27(39)20-10-5-17(33)11-25(20)34)14-26(38)15-3-8-19(9-4-15)45-30(42)16-1-6-18(7-2-16)37(43)44/h1-11,21-24H,12-14H2/t21-,22+,23+,24-. The lowest BCUT2D eigenvalue weighted by molar-refractivity contribution is -0.384. The van der Waals surface area contributed by atoms with Gasteiger partial charge >= 0.3 is 5.97 Å². The molecule has 45 heavy (non-hydrogen) atoms. The van der Waals surface area contributed by atoms with Crippen molar-refractivity contribution in [2.45, 2.75) is 22.5 Å². The van der Waals surface area contributed by atoms with E-state index >= 15 is 0 Å². The van der Waals surface area contributed by atoms with Crippen LogP contribution in [-0.2, 0) is 9.59 Å². The van der Waals surface area contributed by atoms with Gasteiger partial charge in [-0.25, -0.2) is 9.80 Å². The van der Waals surface area contributed by atoms with Crippen LogP contribution in [0.15, 0.2) is 66.7 Å². The van der Waals surface area contributed by atoms with Crippen LogP contribution in [-0.4, -0.2) is 60.6 Å². The Balaban J connectivity index is 1.38. The molecule has 0 aromatic heterocycles. The molecule has 0 radical (unpaired) electrons. The lowest BCUT2D eigenvalue weighted by atomic mass is 9.81. The summed E-state index contributed by atoms with van der Waals surface area (Å²) in [5.74, 6) is -4.68. The number of nitro groups is 1. The minimum Gasteiger partial charge on any atom is -0.423 e. The molecule has 3 amide bonds. The van der Waals surface area contributed by atoms with E-state index in [1.165, 1.54) is 66.7 Å². The second-order valence-corrected chi connectivity index (χ2v) is 13.5. The van der Waals surface area contributed by atoms with Crippen LogP contribution in [0.5, 0.6) is 5.75 Å². The number of amides is 3. The molecule has 15 heteroatoms. The minimum absolute atomic E-state index is 0.0262. The summed E-state index contributed by atoms with van der Waals surface area (Å²) < 4.78 is 5.30. The predicted molar refractivity (Wildman–Crippen MR) is 170 cm³/mol. The molecular formula is C30H21Br2Cl2N3O8. The van der Waals surface area contributed by atoms with Crippen molar-refractivity contribution in [3.05, 3.63) is 104 Å². The number of halogens is 4. The molecule has 0 bridgehead atoms. The average Bonchev–Trinajstić information content (AvgIpc) is 3.24. The molecule has 232 valence electrons. The van der Waals surface area contributed by atoms with Crippen LogP contribution >= 0.6 is 55.1 Å². The molecule has 1 saturated carbocycles. The van der Waals surface area contributed by atoms with Crippen LogP contribution in [0, 0.1) is 22.0 Å². The van der Waals surface area contributed by atoms with Crippen LogP contribution in [0.1, 0.15) is 43.9 Å². The first-order valence-electron chi connectivity index (χ1n) is 13.4. The molecule has 5 rings (SSSR count). The summed E-state index contributed by atoms with van der Waals surface area (Å²) in [6, 6.07) is 14.4. The van der Waals surface area contributed by atoms with Crippen molar-refractivity contribution in [3.8, 4) is 5.75 Å². The molecule has 3 aromatic rings. The van der Waals surface area contributed by atoms with Gasteiger partial charge in [-0.15, -0.1) is 0 Å². The molecule has 2 aliphatic rings. The van der Waals surface area contributed by atoms with Crippen LogP contribution in [0.3, 0.4) is 0 Å². The summed E-state index contributed by atoms with van der Waals surface area (Å²) in [5.41, 5.74) is -0.0676. The van der Waals surface area contributed by atoms with Gasteiger partial charge in [-0.05, 0) is 67.4 Å². The number of Topliss-reactive ketones (excluding diaryl/α,β-unsaturated/α-hetero) is 1. The maximum Gasteiger partial charge on any atom is 0.343 e.